The van der Waals surface area contributed by atoms with Gasteiger partial charge in [-0.05, 0) is 48.6 Å². The van der Waals surface area contributed by atoms with Gasteiger partial charge in [-0.25, -0.2) is 0 Å². The lowest BCUT2D eigenvalue weighted by Gasteiger charge is -2.24. The van der Waals surface area contributed by atoms with Gasteiger partial charge in [0.05, 0.1) is 12.8 Å². The molecule has 0 bridgehead atoms. The van der Waals surface area contributed by atoms with E-state index in [9.17, 15) is 0 Å². The molecule has 0 unspecified atom stereocenters. The summed E-state index contributed by atoms with van der Waals surface area (Å²) >= 11 is 0. The van der Waals surface area contributed by atoms with Crippen LogP contribution in [-0.2, 0) is 6.42 Å². The molecular weight excluding hydrogens is 270 g/mol. The molecule has 0 amide bonds. The topological polar surface area (TPSA) is 14.2 Å². The van der Waals surface area contributed by atoms with Gasteiger partial charge in [0.25, 0.3) is 0 Å². The van der Waals surface area contributed by atoms with Crippen LogP contribution in [0, 0.1) is 11.8 Å². The minimum absolute atomic E-state index is 0.647. The summed E-state index contributed by atoms with van der Waals surface area (Å²) in [5, 5.41) is 0. The number of methoxy groups -OCH3 is 1. The van der Waals surface area contributed by atoms with Gasteiger partial charge in [-0.2, -0.15) is 0 Å². The van der Waals surface area contributed by atoms with Crippen LogP contribution >= 0.6 is 0 Å². The molecule has 0 saturated heterocycles. The van der Waals surface area contributed by atoms with Gasteiger partial charge < -0.3 is 9.30 Å². The predicted molar refractivity (Wildman–Crippen MR) is 90.1 cm³/mol. The summed E-state index contributed by atoms with van der Waals surface area (Å²) in [6.45, 7) is 0. The highest BCUT2D eigenvalue weighted by Gasteiger charge is 2.15. The van der Waals surface area contributed by atoms with E-state index in [-0.39, 0.29) is 0 Å². The van der Waals surface area contributed by atoms with Crippen LogP contribution in [0.25, 0.3) is 0 Å². The third-order valence-corrected chi connectivity index (χ3v) is 4.42. The Morgan fingerprint density at radius 2 is 1.86 bits per heavy atom. The molecule has 2 nitrogen and oxygen atoms in total. The average Bonchev–Trinajstić information content (AvgIpc) is 3.05. The third-order valence-electron chi connectivity index (χ3n) is 4.42. The van der Waals surface area contributed by atoms with Crippen molar-refractivity contribution in [3.05, 3.63) is 53.9 Å². The fraction of sp³-hybridized carbons (Fsp3) is 0.400. The Morgan fingerprint density at radius 3 is 2.59 bits per heavy atom. The van der Waals surface area contributed by atoms with Gasteiger partial charge in [-0.1, -0.05) is 37.3 Å². The fourth-order valence-electron chi connectivity index (χ4n) is 3.16. The van der Waals surface area contributed by atoms with Crippen LogP contribution in [0.1, 0.15) is 49.4 Å². The van der Waals surface area contributed by atoms with E-state index in [1.54, 1.807) is 7.11 Å². The van der Waals surface area contributed by atoms with Crippen molar-refractivity contribution in [1.29, 1.82) is 0 Å². The summed E-state index contributed by atoms with van der Waals surface area (Å²) < 4.78 is 7.55. The Labute approximate surface area is 133 Å². The quantitative estimate of drug-likeness (QED) is 0.755. The van der Waals surface area contributed by atoms with E-state index in [1.807, 2.05) is 12.1 Å². The van der Waals surface area contributed by atoms with Crippen molar-refractivity contribution in [2.75, 3.05) is 7.11 Å². The summed E-state index contributed by atoms with van der Waals surface area (Å²) in [6.07, 6.45) is 9.64. The van der Waals surface area contributed by atoms with Crippen LogP contribution in [0.5, 0.6) is 5.75 Å². The molecule has 0 radical (unpaired) electrons. The predicted octanol–water partition coefficient (Wildman–Crippen LogP) is 4.60. The second-order valence-corrected chi connectivity index (χ2v) is 5.92. The Balaban J connectivity index is 1.67. The molecule has 1 aromatic heterocycles. The van der Waals surface area contributed by atoms with Crippen molar-refractivity contribution >= 4 is 0 Å². The molecule has 0 N–H and O–H groups in total. The van der Waals surface area contributed by atoms with E-state index >= 15 is 0 Å². The molecule has 22 heavy (non-hydrogen) atoms. The number of nitrogens with zero attached hydrogens (tertiary/aromatic N) is 1. The first-order valence-corrected chi connectivity index (χ1v) is 8.15. The second-order valence-electron chi connectivity index (χ2n) is 5.92. The zero-order chi connectivity index (χ0) is 15.2. The van der Waals surface area contributed by atoms with Crippen molar-refractivity contribution < 1.29 is 4.74 Å². The van der Waals surface area contributed by atoms with Crippen LogP contribution in [0.2, 0.25) is 0 Å². The van der Waals surface area contributed by atoms with Gasteiger partial charge in [0.15, 0.2) is 0 Å². The zero-order valence-corrected chi connectivity index (χ0v) is 13.2. The van der Waals surface area contributed by atoms with Crippen molar-refractivity contribution in [3.63, 3.8) is 0 Å². The normalized spacial score (nSPS) is 15.1. The summed E-state index contributed by atoms with van der Waals surface area (Å²) in [5.74, 6) is 7.55. The molecule has 1 aliphatic carbocycles. The average molecular weight is 293 g/mol. The standard InChI is InChI=1S/C20H23NO/c1-22-20-14-12-17(13-15-20)7-5-10-19-11-6-16-21(19)18-8-3-2-4-9-18/h6,11-16,18H,2-4,7-9H2,1H3. The second kappa shape index (κ2) is 7.22. The van der Waals surface area contributed by atoms with E-state index in [1.165, 1.54) is 37.7 Å². The van der Waals surface area contributed by atoms with Crippen LogP contribution in [0.3, 0.4) is 0 Å². The fourth-order valence-corrected chi connectivity index (χ4v) is 3.16. The van der Waals surface area contributed by atoms with E-state index in [0.29, 0.717) is 6.04 Å². The van der Waals surface area contributed by atoms with E-state index in [2.05, 4.69) is 46.9 Å². The maximum absolute atomic E-state index is 5.18. The molecule has 3 rings (SSSR count). The maximum Gasteiger partial charge on any atom is 0.118 e. The van der Waals surface area contributed by atoms with Gasteiger partial charge in [-0.15, -0.1) is 0 Å². The first-order valence-electron chi connectivity index (χ1n) is 8.15. The van der Waals surface area contributed by atoms with Gasteiger partial charge >= 0.3 is 0 Å². The van der Waals surface area contributed by atoms with E-state index in [4.69, 9.17) is 4.74 Å². The highest BCUT2D eigenvalue weighted by Crippen LogP contribution is 2.29. The largest absolute Gasteiger partial charge is 0.497 e. The summed E-state index contributed by atoms with van der Waals surface area (Å²) in [7, 11) is 1.69. The van der Waals surface area contributed by atoms with Gasteiger partial charge in [-0.3, -0.25) is 0 Å². The molecule has 2 heteroatoms. The van der Waals surface area contributed by atoms with Gasteiger partial charge in [0, 0.05) is 18.7 Å². The molecule has 1 fully saturated rings. The third kappa shape index (κ3) is 3.54. The lowest BCUT2D eigenvalue weighted by Crippen LogP contribution is -2.13. The van der Waals surface area contributed by atoms with Crippen molar-refractivity contribution in [3.8, 4) is 17.6 Å². The van der Waals surface area contributed by atoms with Crippen LogP contribution < -0.4 is 4.74 Å². The Hall–Kier alpha value is -2.14. The minimum atomic E-state index is 0.647. The number of aromatic nitrogens is 1. The Bertz CT molecular complexity index is 651. The lowest BCUT2D eigenvalue weighted by molar-refractivity contribution is 0.352. The Kier molecular flexibility index (Phi) is 4.85. The molecule has 1 saturated carbocycles. The molecule has 1 aromatic carbocycles. The molecular formula is C20H23NO. The van der Waals surface area contributed by atoms with Crippen LogP contribution in [0.4, 0.5) is 0 Å². The van der Waals surface area contributed by atoms with E-state index in [0.717, 1.165) is 17.9 Å². The van der Waals surface area contributed by atoms with Crippen molar-refractivity contribution in [1.82, 2.24) is 4.57 Å². The van der Waals surface area contributed by atoms with Crippen molar-refractivity contribution in [2.24, 2.45) is 0 Å². The SMILES string of the molecule is COc1ccc(CC#Cc2cccn2C2CCCCC2)cc1. The van der Waals surface area contributed by atoms with Crippen molar-refractivity contribution in [2.45, 2.75) is 44.6 Å². The molecule has 0 aliphatic heterocycles. The molecule has 114 valence electrons. The highest BCUT2D eigenvalue weighted by atomic mass is 16.5. The first kappa shape index (κ1) is 14.8. The first-order chi connectivity index (χ1) is 10.9. The summed E-state index contributed by atoms with van der Waals surface area (Å²) in [5.41, 5.74) is 2.38. The lowest BCUT2D eigenvalue weighted by atomic mass is 9.95. The van der Waals surface area contributed by atoms with Gasteiger partial charge in [0.2, 0.25) is 0 Å². The summed E-state index contributed by atoms with van der Waals surface area (Å²) in [6, 6.07) is 13.0. The minimum Gasteiger partial charge on any atom is -0.497 e. The highest BCUT2D eigenvalue weighted by molar-refractivity contribution is 5.34. The smallest absolute Gasteiger partial charge is 0.118 e. The number of hydrogen-bond donors (Lipinski definition) is 0. The Morgan fingerprint density at radius 1 is 1.09 bits per heavy atom. The van der Waals surface area contributed by atoms with Crippen LogP contribution in [-0.4, -0.2) is 11.7 Å². The number of hydrogen-bond acceptors (Lipinski definition) is 1. The molecule has 1 heterocycles. The zero-order valence-electron chi connectivity index (χ0n) is 13.2. The molecule has 0 spiro atoms. The monoisotopic (exact) mass is 293 g/mol. The van der Waals surface area contributed by atoms with Gasteiger partial charge in [0.1, 0.15) is 5.75 Å². The maximum atomic E-state index is 5.18. The molecule has 2 aromatic rings. The van der Waals surface area contributed by atoms with E-state index < -0.39 is 0 Å². The van der Waals surface area contributed by atoms with Crippen LogP contribution in [0.15, 0.2) is 42.6 Å². The number of ether oxygens (including phenoxy) is 1. The number of benzene rings is 1. The summed E-state index contributed by atoms with van der Waals surface area (Å²) in [4.78, 5) is 0. The number of rotatable bonds is 3. The molecule has 1 aliphatic rings. The molecule has 0 atom stereocenters.